The second kappa shape index (κ2) is 4.32. The molecule has 0 aromatic carbocycles. The summed E-state index contributed by atoms with van der Waals surface area (Å²) in [5.74, 6) is -1.04. The molecule has 0 amide bonds. The van der Waals surface area contributed by atoms with Gasteiger partial charge in [-0.05, 0) is 11.8 Å². The van der Waals surface area contributed by atoms with Gasteiger partial charge in [0, 0.05) is 12.4 Å². The fourth-order valence-electron chi connectivity index (χ4n) is 0.765. The normalized spacial score (nSPS) is 10.1. The lowest BCUT2D eigenvalue weighted by atomic mass is 10.4. The number of aromatic carboxylic acids is 1. The van der Waals surface area contributed by atoms with Crippen molar-refractivity contribution >= 4 is 29.1 Å². The van der Waals surface area contributed by atoms with Gasteiger partial charge in [-0.2, -0.15) is 0 Å². The largest absolute Gasteiger partial charge is 0.478 e. The maximum atomic E-state index is 10.5. The Bertz CT molecular complexity index is 456. The lowest BCUT2D eigenvalue weighted by molar-refractivity contribution is 0.0695. The maximum Gasteiger partial charge on any atom is 0.338 e. The first-order valence-corrected chi connectivity index (χ1v) is 5.44. The van der Waals surface area contributed by atoms with E-state index in [2.05, 4.69) is 20.2 Å². The zero-order valence-electron chi connectivity index (χ0n) is 7.19. The van der Waals surface area contributed by atoms with Crippen LogP contribution < -0.4 is 0 Å². The van der Waals surface area contributed by atoms with Gasteiger partial charge in [-0.3, -0.25) is 0 Å². The van der Waals surface area contributed by atoms with Gasteiger partial charge in [-0.1, -0.05) is 11.3 Å². The SMILES string of the molecule is O=C(O)c1cnc(Sc2nncs2)nc1. The first-order chi connectivity index (χ1) is 7.25. The van der Waals surface area contributed by atoms with Crippen LogP contribution in [0.25, 0.3) is 0 Å². The highest BCUT2D eigenvalue weighted by atomic mass is 32.2. The Hall–Kier alpha value is -1.54. The lowest BCUT2D eigenvalue weighted by Gasteiger charge is -1.95. The molecule has 0 fully saturated rings. The molecule has 0 aliphatic carbocycles. The molecule has 2 rings (SSSR count). The van der Waals surface area contributed by atoms with Crippen LogP contribution in [-0.2, 0) is 0 Å². The lowest BCUT2D eigenvalue weighted by Crippen LogP contribution is -1.98. The quantitative estimate of drug-likeness (QED) is 0.805. The monoisotopic (exact) mass is 240 g/mol. The van der Waals surface area contributed by atoms with Crippen LogP contribution in [-0.4, -0.2) is 31.2 Å². The Morgan fingerprint density at radius 1 is 1.40 bits per heavy atom. The third-order valence-electron chi connectivity index (χ3n) is 1.39. The number of carboxylic acids is 1. The molecule has 0 aliphatic heterocycles. The molecule has 0 spiro atoms. The minimum atomic E-state index is -1.04. The minimum Gasteiger partial charge on any atom is -0.478 e. The Morgan fingerprint density at radius 2 is 2.13 bits per heavy atom. The third-order valence-corrected chi connectivity index (χ3v) is 3.07. The molecule has 0 saturated carbocycles. The summed E-state index contributed by atoms with van der Waals surface area (Å²) in [6, 6.07) is 0. The van der Waals surface area contributed by atoms with Gasteiger partial charge in [0.15, 0.2) is 9.50 Å². The van der Waals surface area contributed by atoms with Crippen molar-refractivity contribution in [3.8, 4) is 0 Å². The van der Waals surface area contributed by atoms with E-state index < -0.39 is 5.97 Å². The number of rotatable bonds is 3. The molecule has 0 bridgehead atoms. The third kappa shape index (κ3) is 2.48. The summed E-state index contributed by atoms with van der Waals surface area (Å²) in [5.41, 5.74) is 1.67. The van der Waals surface area contributed by atoms with Crippen LogP contribution in [0.15, 0.2) is 27.4 Å². The Kier molecular flexibility index (Phi) is 2.88. The summed E-state index contributed by atoms with van der Waals surface area (Å²) in [7, 11) is 0. The van der Waals surface area contributed by atoms with Crippen molar-refractivity contribution < 1.29 is 9.90 Å². The summed E-state index contributed by atoms with van der Waals surface area (Å²) < 4.78 is 0.720. The van der Waals surface area contributed by atoms with Crippen molar-refractivity contribution in [3.63, 3.8) is 0 Å². The van der Waals surface area contributed by atoms with E-state index in [0.29, 0.717) is 5.16 Å². The predicted octanol–water partition coefficient (Wildman–Crippen LogP) is 1.18. The Labute approximate surface area is 92.4 Å². The van der Waals surface area contributed by atoms with Crippen molar-refractivity contribution in [3.05, 3.63) is 23.5 Å². The standard InChI is InChI=1S/C7H4N4O2S2/c12-5(13)4-1-8-6(9-2-4)15-7-11-10-3-14-7/h1-3H,(H,12,13). The van der Waals surface area contributed by atoms with E-state index in [9.17, 15) is 4.79 Å². The smallest absolute Gasteiger partial charge is 0.338 e. The van der Waals surface area contributed by atoms with Gasteiger partial charge in [0.1, 0.15) is 5.51 Å². The van der Waals surface area contributed by atoms with Crippen molar-refractivity contribution in [2.24, 2.45) is 0 Å². The zero-order chi connectivity index (χ0) is 10.7. The highest BCUT2D eigenvalue weighted by Crippen LogP contribution is 2.24. The molecular formula is C7H4N4O2S2. The van der Waals surface area contributed by atoms with Gasteiger partial charge in [0.25, 0.3) is 0 Å². The number of carbonyl (C=O) groups is 1. The molecule has 0 unspecified atom stereocenters. The van der Waals surface area contributed by atoms with Crippen molar-refractivity contribution in [1.29, 1.82) is 0 Å². The highest BCUT2D eigenvalue weighted by molar-refractivity contribution is 8.00. The van der Waals surface area contributed by atoms with Gasteiger partial charge >= 0.3 is 5.97 Å². The molecule has 1 N–H and O–H groups in total. The molecule has 2 heterocycles. The minimum absolute atomic E-state index is 0.0663. The van der Waals surface area contributed by atoms with Crippen molar-refractivity contribution in [2.45, 2.75) is 9.50 Å². The summed E-state index contributed by atoms with van der Waals surface area (Å²) in [6.07, 6.45) is 2.53. The van der Waals surface area contributed by atoms with Crippen molar-refractivity contribution in [1.82, 2.24) is 20.2 Å². The van der Waals surface area contributed by atoms with Gasteiger partial charge < -0.3 is 5.11 Å². The van der Waals surface area contributed by atoms with E-state index in [0.717, 1.165) is 4.34 Å². The average Bonchev–Trinajstić information content (AvgIpc) is 2.71. The van der Waals surface area contributed by atoms with E-state index >= 15 is 0 Å². The van der Waals surface area contributed by atoms with Crippen LogP contribution in [0.3, 0.4) is 0 Å². The number of hydrogen-bond donors (Lipinski definition) is 1. The van der Waals surface area contributed by atoms with E-state index in [1.807, 2.05) is 0 Å². The summed E-state index contributed by atoms with van der Waals surface area (Å²) in [6.45, 7) is 0. The van der Waals surface area contributed by atoms with Crippen molar-refractivity contribution in [2.75, 3.05) is 0 Å². The molecule has 0 aliphatic rings. The van der Waals surface area contributed by atoms with E-state index in [1.54, 1.807) is 5.51 Å². The second-order valence-electron chi connectivity index (χ2n) is 2.37. The molecule has 0 atom stereocenters. The fourth-order valence-corrected chi connectivity index (χ4v) is 2.04. The number of carboxylic acid groups (broad SMARTS) is 1. The van der Waals surface area contributed by atoms with E-state index in [-0.39, 0.29) is 5.56 Å². The molecule has 76 valence electrons. The fraction of sp³-hybridized carbons (Fsp3) is 0. The molecule has 2 aromatic rings. The van der Waals surface area contributed by atoms with Gasteiger partial charge in [0.2, 0.25) is 0 Å². The predicted molar refractivity (Wildman–Crippen MR) is 53.0 cm³/mol. The molecule has 0 radical (unpaired) electrons. The van der Waals surface area contributed by atoms with E-state index in [4.69, 9.17) is 5.11 Å². The molecule has 6 nitrogen and oxygen atoms in total. The Balaban J connectivity index is 2.14. The molecule has 0 saturated heterocycles. The average molecular weight is 240 g/mol. The molecule has 8 heteroatoms. The Morgan fingerprint density at radius 3 is 2.67 bits per heavy atom. The second-order valence-corrected chi connectivity index (χ2v) is 4.41. The van der Waals surface area contributed by atoms with Crippen LogP contribution in [0.5, 0.6) is 0 Å². The summed E-state index contributed by atoms with van der Waals surface area (Å²) in [5, 5.41) is 16.5. The van der Waals surface area contributed by atoms with Crippen LogP contribution in [0.2, 0.25) is 0 Å². The number of aromatic nitrogens is 4. The molecule has 15 heavy (non-hydrogen) atoms. The van der Waals surface area contributed by atoms with Gasteiger partial charge in [-0.25, -0.2) is 14.8 Å². The van der Waals surface area contributed by atoms with Crippen LogP contribution in [0.1, 0.15) is 10.4 Å². The first-order valence-electron chi connectivity index (χ1n) is 3.75. The first kappa shape index (κ1) is 9.99. The molecular weight excluding hydrogens is 236 g/mol. The van der Waals surface area contributed by atoms with Crippen LogP contribution >= 0.6 is 23.1 Å². The summed E-state index contributed by atoms with van der Waals surface area (Å²) in [4.78, 5) is 18.3. The maximum absolute atomic E-state index is 10.5. The number of nitrogens with zero attached hydrogens (tertiary/aromatic N) is 4. The number of hydrogen-bond acceptors (Lipinski definition) is 7. The van der Waals surface area contributed by atoms with Gasteiger partial charge in [0.05, 0.1) is 5.56 Å². The van der Waals surface area contributed by atoms with Crippen LogP contribution in [0, 0.1) is 0 Å². The molecule has 2 aromatic heterocycles. The summed E-state index contributed by atoms with van der Waals surface area (Å²) >= 11 is 2.62. The highest BCUT2D eigenvalue weighted by Gasteiger charge is 2.06. The van der Waals surface area contributed by atoms with E-state index in [1.165, 1.54) is 35.5 Å². The topological polar surface area (TPSA) is 88.9 Å². The van der Waals surface area contributed by atoms with Crippen LogP contribution in [0.4, 0.5) is 0 Å². The zero-order valence-corrected chi connectivity index (χ0v) is 8.83. The van der Waals surface area contributed by atoms with Gasteiger partial charge in [-0.15, -0.1) is 10.2 Å².